The molecule has 0 bridgehead atoms. The molecule has 4 heteroatoms. The minimum Gasteiger partial charge on any atom is -0.390 e. The number of halogens is 2. The Labute approximate surface area is 100.0 Å². The number of ether oxygens (including phenoxy) is 1. The molecule has 0 saturated carbocycles. The van der Waals surface area contributed by atoms with Crippen molar-refractivity contribution in [3.63, 3.8) is 0 Å². The molecule has 1 aromatic rings. The maximum absolute atomic E-state index is 13.5. The van der Waals surface area contributed by atoms with E-state index in [0.29, 0.717) is 10.6 Å². The molecule has 0 aliphatic carbocycles. The highest BCUT2D eigenvalue weighted by Gasteiger charge is 2.28. The number of hydrogen-bond acceptors (Lipinski definition) is 2. The smallest absolute Gasteiger partial charge is 0.127 e. The molecule has 90 valence electrons. The zero-order valence-corrected chi connectivity index (χ0v) is 10.4. The third kappa shape index (κ3) is 3.17. The second-order valence-corrected chi connectivity index (χ2v) is 4.70. The van der Waals surface area contributed by atoms with Gasteiger partial charge in [-0.2, -0.15) is 0 Å². The Hall–Kier alpha value is -0.640. The molecule has 2 nitrogen and oxygen atoms in total. The normalized spacial score (nSPS) is 13.9. The topological polar surface area (TPSA) is 29.5 Å². The van der Waals surface area contributed by atoms with Gasteiger partial charge in [-0.15, -0.1) is 0 Å². The number of hydrogen-bond donors (Lipinski definition) is 1. The molecule has 0 amide bonds. The molecule has 0 saturated heterocycles. The van der Waals surface area contributed by atoms with Crippen molar-refractivity contribution in [2.75, 3.05) is 7.11 Å². The zero-order valence-electron chi connectivity index (χ0n) is 9.63. The van der Waals surface area contributed by atoms with Crippen LogP contribution in [-0.4, -0.2) is 23.9 Å². The Morgan fingerprint density at radius 2 is 2.12 bits per heavy atom. The SMILES string of the molecule is COC(C)(C)C(O)Cc1ccc(Cl)cc1F. The molecule has 0 heterocycles. The van der Waals surface area contributed by atoms with Crippen molar-refractivity contribution in [1.82, 2.24) is 0 Å². The number of methoxy groups -OCH3 is 1. The predicted octanol–water partition coefficient (Wildman–Crippen LogP) is 2.81. The van der Waals surface area contributed by atoms with Gasteiger partial charge in [-0.25, -0.2) is 4.39 Å². The van der Waals surface area contributed by atoms with E-state index in [0.717, 1.165) is 0 Å². The first kappa shape index (κ1) is 13.4. The molecule has 1 unspecified atom stereocenters. The van der Waals surface area contributed by atoms with Crippen LogP contribution in [0.15, 0.2) is 18.2 Å². The summed E-state index contributed by atoms with van der Waals surface area (Å²) in [6.45, 7) is 3.51. The highest BCUT2D eigenvalue weighted by atomic mass is 35.5. The quantitative estimate of drug-likeness (QED) is 0.885. The number of rotatable bonds is 4. The van der Waals surface area contributed by atoms with Crippen LogP contribution in [0.4, 0.5) is 4.39 Å². The summed E-state index contributed by atoms with van der Waals surface area (Å²) in [6.07, 6.45) is -0.572. The molecule has 1 aromatic carbocycles. The number of aliphatic hydroxyl groups is 1. The lowest BCUT2D eigenvalue weighted by atomic mass is 9.95. The molecule has 1 N–H and O–H groups in total. The van der Waals surface area contributed by atoms with Crippen LogP contribution in [-0.2, 0) is 11.2 Å². The summed E-state index contributed by atoms with van der Waals surface area (Å²) >= 11 is 5.64. The van der Waals surface area contributed by atoms with E-state index in [1.165, 1.54) is 13.2 Å². The second kappa shape index (κ2) is 5.13. The third-order valence-corrected chi connectivity index (χ3v) is 2.99. The highest BCUT2D eigenvalue weighted by molar-refractivity contribution is 6.30. The van der Waals surface area contributed by atoms with E-state index in [1.54, 1.807) is 26.0 Å². The molecule has 0 fully saturated rings. The minimum atomic E-state index is -0.770. The first-order valence-corrected chi connectivity index (χ1v) is 5.42. The Balaban J connectivity index is 2.81. The van der Waals surface area contributed by atoms with Gasteiger partial charge in [-0.3, -0.25) is 0 Å². The first-order valence-electron chi connectivity index (χ1n) is 5.04. The fourth-order valence-corrected chi connectivity index (χ4v) is 1.44. The third-order valence-electron chi connectivity index (χ3n) is 2.76. The first-order chi connectivity index (χ1) is 7.36. The van der Waals surface area contributed by atoms with Crippen molar-refractivity contribution >= 4 is 11.6 Å². The van der Waals surface area contributed by atoms with Crippen LogP contribution in [0.5, 0.6) is 0 Å². The van der Waals surface area contributed by atoms with Gasteiger partial charge in [0, 0.05) is 18.6 Å². The van der Waals surface area contributed by atoms with Crippen LogP contribution in [0.1, 0.15) is 19.4 Å². The summed E-state index contributed by atoms with van der Waals surface area (Å²) in [5, 5.41) is 10.2. The molecule has 0 radical (unpaired) electrons. The van der Waals surface area contributed by atoms with Crippen molar-refractivity contribution in [1.29, 1.82) is 0 Å². The van der Waals surface area contributed by atoms with E-state index in [1.807, 2.05) is 0 Å². The lowest BCUT2D eigenvalue weighted by molar-refractivity contribution is -0.0767. The van der Waals surface area contributed by atoms with Crippen molar-refractivity contribution in [2.24, 2.45) is 0 Å². The average molecular weight is 247 g/mol. The lowest BCUT2D eigenvalue weighted by Gasteiger charge is -2.29. The molecule has 0 aliphatic heterocycles. The van der Waals surface area contributed by atoms with Crippen molar-refractivity contribution in [3.8, 4) is 0 Å². The molecule has 0 aromatic heterocycles. The Morgan fingerprint density at radius 1 is 1.50 bits per heavy atom. The summed E-state index contributed by atoms with van der Waals surface area (Å²) in [5.41, 5.74) is -0.270. The lowest BCUT2D eigenvalue weighted by Crippen LogP contribution is -2.39. The van der Waals surface area contributed by atoms with Gasteiger partial charge in [0.1, 0.15) is 5.82 Å². The summed E-state index contributed by atoms with van der Waals surface area (Å²) in [5.74, 6) is -0.404. The van der Waals surface area contributed by atoms with Crippen LogP contribution < -0.4 is 0 Å². The van der Waals surface area contributed by atoms with Gasteiger partial charge in [0.2, 0.25) is 0 Å². The van der Waals surface area contributed by atoms with Crippen LogP contribution in [0, 0.1) is 5.82 Å². The standard InChI is InChI=1S/C12H16ClFO2/c1-12(2,16-3)11(15)6-8-4-5-9(13)7-10(8)14/h4-5,7,11,15H,6H2,1-3H3. The Morgan fingerprint density at radius 3 is 2.62 bits per heavy atom. The van der Waals surface area contributed by atoms with E-state index < -0.39 is 17.5 Å². The highest BCUT2D eigenvalue weighted by Crippen LogP contribution is 2.21. The molecular formula is C12H16ClFO2. The Kier molecular flexibility index (Phi) is 4.30. The van der Waals surface area contributed by atoms with Gasteiger partial charge in [-0.1, -0.05) is 17.7 Å². The molecular weight excluding hydrogens is 231 g/mol. The monoisotopic (exact) mass is 246 g/mol. The molecule has 1 atom stereocenters. The molecule has 16 heavy (non-hydrogen) atoms. The second-order valence-electron chi connectivity index (χ2n) is 4.26. The summed E-state index contributed by atoms with van der Waals surface area (Å²) in [6, 6.07) is 4.42. The van der Waals surface area contributed by atoms with Crippen molar-refractivity contribution in [3.05, 3.63) is 34.6 Å². The van der Waals surface area contributed by atoms with Crippen LogP contribution in [0.2, 0.25) is 5.02 Å². The van der Waals surface area contributed by atoms with Crippen molar-refractivity contribution in [2.45, 2.75) is 32.0 Å². The zero-order chi connectivity index (χ0) is 12.3. The summed E-state index contributed by atoms with van der Waals surface area (Å²) in [7, 11) is 1.52. The van der Waals surface area contributed by atoms with Gasteiger partial charge in [0.05, 0.1) is 11.7 Å². The van der Waals surface area contributed by atoms with Gasteiger partial charge in [0.15, 0.2) is 0 Å². The van der Waals surface area contributed by atoms with Crippen LogP contribution >= 0.6 is 11.6 Å². The average Bonchev–Trinajstić information content (AvgIpc) is 2.22. The van der Waals surface area contributed by atoms with Crippen LogP contribution in [0.25, 0.3) is 0 Å². The fourth-order valence-electron chi connectivity index (χ4n) is 1.28. The molecule has 1 rings (SSSR count). The van der Waals surface area contributed by atoms with Gasteiger partial charge in [-0.05, 0) is 31.5 Å². The predicted molar refractivity (Wildman–Crippen MR) is 62.2 cm³/mol. The summed E-state index contributed by atoms with van der Waals surface area (Å²) < 4.78 is 18.6. The maximum atomic E-state index is 13.5. The summed E-state index contributed by atoms with van der Waals surface area (Å²) in [4.78, 5) is 0. The molecule has 0 aliphatic rings. The minimum absolute atomic E-state index is 0.198. The fraction of sp³-hybridized carbons (Fsp3) is 0.500. The van der Waals surface area contributed by atoms with Crippen molar-refractivity contribution < 1.29 is 14.2 Å². The van der Waals surface area contributed by atoms with E-state index in [9.17, 15) is 9.50 Å². The number of aliphatic hydroxyl groups excluding tert-OH is 1. The van der Waals surface area contributed by atoms with E-state index in [-0.39, 0.29) is 6.42 Å². The van der Waals surface area contributed by atoms with Gasteiger partial charge < -0.3 is 9.84 Å². The maximum Gasteiger partial charge on any atom is 0.127 e. The van der Waals surface area contributed by atoms with E-state index in [4.69, 9.17) is 16.3 Å². The van der Waals surface area contributed by atoms with Crippen LogP contribution in [0.3, 0.4) is 0 Å². The largest absolute Gasteiger partial charge is 0.390 e. The van der Waals surface area contributed by atoms with Gasteiger partial charge >= 0.3 is 0 Å². The number of benzene rings is 1. The van der Waals surface area contributed by atoms with E-state index in [2.05, 4.69) is 0 Å². The van der Waals surface area contributed by atoms with Gasteiger partial charge in [0.25, 0.3) is 0 Å². The van der Waals surface area contributed by atoms with E-state index >= 15 is 0 Å². The molecule has 0 spiro atoms. The Bertz CT molecular complexity index is 366.